The number of benzene rings is 2. The molecule has 10 heteroatoms. The van der Waals surface area contributed by atoms with E-state index in [1.807, 2.05) is 34.9 Å². The van der Waals surface area contributed by atoms with Crippen LogP contribution in [0.25, 0.3) is 22.7 Å². The second-order valence-corrected chi connectivity index (χ2v) is 9.27. The SMILES string of the molecule is COc1cc(-c2nncn2CCCC(CNC(C)=O)c2ccc(Cl)c(Cl)c2)ccc1-c1cnc(C)o1. The first-order valence-electron chi connectivity index (χ1n) is 11.5. The number of amides is 1. The van der Waals surface area contributed by atoms with Gasteiger partial charge in [0.25, 0.3) is 0 Å². The lowest BCUT2D eigenvalue weighted by molar-refractivity contribution is -0.119. The molecular weight excluding hydrogens is 501 g/mol. The summed E-state index contributed by atoms with van der Waals surface area (Å²) in [4.78, 5) is 15.7. The Labute approximate surface area is 219 Å². The number of oxazole rings is 1. The fraction of sp³-hybridized carbons (Fsp3) is 0.308. The lowest BCUT2D eigenvalue weighted by atomic mass is 9.94. The highest BCUT2D eigenvalue weighted by molar-refractivity contribution is 6.42. The summed E-state index contributed by atoms with van der Waals surface area (Å²) in [5, 5.41) is 12.4. The number of carbonyl (C=O) groups excluding carboxylic acids is 1. The molecule has 4 rings (SSSR count). The monoisotopic (exact) mass is 527 g/mol. The maximum absolute atomic E-state index is 11.5. The quantitative estimate of drug-likeness (QED) is 0.275. The molecule has 0 saturated carbocycles. The van der Waals surface area contributed by atoms with Crippen LogP contribution in [0.1, 0.15) is 37.1 Å². The molecule has 0 radical (unpaired) electrons. The summed E-state index contributed by atoms with van der Waals surface area (Å²) < 4.78 is 13.3. The highest BCUT2D eigenvalue weighted by Gasteiger charge is 2.17. The van der Waals surface area contributed by atoms with Crippen molar-refractivity contribution < 1.29 is 13.9 Å². The van der Waals surface area contributed by atoms with E-state index in [1.165, 1.54) is 6.92 Å². The number of aryl methyl sites for hydroxylation is 2. The van der Waals surface area contributed by atoms with Crippen molar-refractivity contribution in [3.63, 3.8) is 0 Å². The highest BCUT2D eigenvalue weighted by Crippen LogP contribution is 2.34. The predicted octanol–water partition coefficient (Wildman–Crippen LogP) is 5.92. The minimum atomic E-state index is -0.0703. The summed E-state index contributed by atoms with van der Waals surface area (Å²) in [5.74, 6) is 2.65. The molecule has 36 heavy (non-hydrogen) atoms. The number of methoxy groups -OCH3 is 1. The van der Waals surface area contributed by atoms with Gasteiger partial charge in [0.1, 0.15) is 12.1 Å². The highest BCUT2D eigenvalue weighted by atomic mass is 35.5. The molecule has 0 aliphatic carbocycles. The molecule has 2 aromatic heterocycles. The Morgan fingerprint density at radius 1 is 1.19 bits per heavy atom. The Hall–Kier alpha value is -3.36. The average molecular weight is 528 g/mol. The average Bonchev–Trinajstić information content (AvgIpc) is 3.51. The molecule has 0 saturated heterocycles. The van der Waals surface area contributed by atoms with Gasteiger partial charge >= 0.3 is 0 Å². The molecule has 0 spiro atoms. The molecule has 188 valence electrons. The van der Waals surface area contributed by atoms with Crippen LogP contribution in [0.4, 0.5) is 0 Å². The van der Waals surface area contributed by atoms with Gasteiger partial charge in [0.15, 0.2) is 17.5 Å². The number of aromatic nitrogens is 4. The van der Waals surface area contributed by atoms with Crippen LogP contribution in [-0.4, -0.2) is 39.3 Å². The van der Waals surface area contributed by atoms with E-state index in [0.717, 1.165) is 35.4 Å². The molecule has 1 N–H and O–H groups in total. The summed E-state index contributed by atoms with van der Waals surface area (Å²) in [7, 11) is 1.62. The zero-order chi connectivity index (χ0) is 25.7. The first-order valence-corrected chi connectivity index (χ1v) is 12.3. The lowest BCUT2D eigenvalue weighted by Crippen LogP contribution is -2.26. The molecule has 1 atom stereocenters. The topological polar surface area (TPSA) is 95.1 Å². The van der Waals surface area contributed by atoms with E-state index in [9.17, 15) is 4.79 Å². The Morgan fingerprint density at radius 3 is 2.72 bits per heavy atom. The van der Waals surface area contributed by atoms with E-state index in [4.69, 9.17) is 32.4 Å². The maximum atomic E-state index is 11.5. The van der Waals surface area contributed by atoms with Crippen molar-refractivity contribution in [3.05, 3.63) is 70.4 Å². The van der Waals surface area contributed by atoms with Gasteiger partial charge in [-0.25, -0.2) is 4.98 Å². The number of halogens is 2. The minimum absolute atomic E-state index is 0.0703. The number of nitrogens with one attached hydrogen (secondary N) is 1. The molecule has 4 aromatic rings. The maximum Gasteiger partial charge on any atom is 0.216 e. The molecule has 1 unspecified atom stereocenters. The molecule has 0 aliphatic rings. The van der Waals surface area contributed by atoms with E-state index in [-0.39, 0.29) is 11.8 Å². The Kier molecular flexibility index (Phi) is 8.28. The minimum Gasteiger partial charge on any atom is -0.496 e. The summed E-state index contributed by atoms with van der Waals surface area (Å²) in [6.07, 6.45) is 5.06. The number of hydrogen-bond acceptors (Lipinski definition) is 6. The third kappa shape index (κ3) is 6.06. The van der Waals surface area contributed by atoms with Crippen LogP contribution in [0, 0.1) is 6.92 Å². The van der Waals surface area contributed by atoms with E-state index in [2.05, 4.69) is 20.5 Å². The number of rotatable bonds is 10. The van der Waals surface area contributed by atoms with Gasteiger partial charge in [-0.1, -0.05) is 35.3 Å². The van der Waals surface area contributed by atoms with Gasteiger partial charge in [0.2, 0.25) is 5.91 Å². The second-order valence-electron chi connectivity index (χ2n) is 8.46. The first-order chi connectivity index (χ1) is 17.4. The van der Waals surface area contributed by atoms with E-state index < -0.39 is 0 Å². The Morgan fingerprint density at radius 2 is 2.03 bits per heavy atom. The predicted molar refractivity (Wildman–Crippen MR) is 139 cm³/mol. The van der Waals surface area contributed by atoms with Gasteiger partial charge in [0.05, 0.1) is 28.9 Å². The Bertz CT molecular complexity index is 1350. The second kappa shape index (κ2) is 11.6. The fourth-order valence-electron chi connectivity index (χ4n) is 4.09. The number of hydrogen-bond donors (Lipinski definition) is 1. The van der Waals surface area contributed by atoms with E-state index in [0.29, 0.717) is 40.5 Å². The van der Waals surface area contributed by atoms with Crippen LogP contribution in [0.3, 0.4) is 0 Å². The normalized spacial score (nSPS) is 11.9. The van der Waals surface area contributed by atoms with Crippen LogP contribution in [-0.2, 0) is 11.3 Å². The molecule has 2 heterocycles. The molecule has 0 bridgehead atoms. The van der Waals surface area contributed by atoms with Gasteiger partial charge in [-0.15, -0.1) is 10.2 Å². The fourth-order valence-corrected chi connectivity index (χ4v) is 4.40. The molecule has 1 amide bonds. The molecule has 2 aromatic carbocycles. The molecule has 0 fully saturated rings. The summed E-state index contributed by atoms with van der Waals surface area (Å²) >= 11 is 12.3. The molecular formula is C26H27Cl2N5O3. The van der Waals surface area contributed by atoms with E-state index >= 15 is 0 Å². The third-order valence-electron chi connectivity index (χ3n) is 5.93. The summed E-state index contributed by atoms with van der Waals surface area (Å²) in [6, 6.07) is 11.4. The van der Waals surface area contributed by atoms with Crippen molar-refractivity contribution in [2.75, 3.05) is 13.7 Å². The van der Waals surface area contributed by atoms with Crippen LogP contribution < -0.4 is 10.1 Å². The van der Waals surface area contributed by atoms with Gasteiger partial charge < -0.3 is 19.0 Å². The van der Waals surface area contributed by atoms with E-state index in [1.54, 1.807) is 32.6 Å². The van der Waals surface area contributed by atoms with Crippen molar-refractivity contribution in [2.24, 2.45) is 0 Å². The summed E-state index contributed by atoms with van der Waals surface area (Å²) in [5.41, 5.74) is 2.73. The van der Waals surface area contributed by atoms with Crippen LogP contribution in [0.15, 0.2) is 53.3 Å². The van der Waals surface area contributed by atoms with Gasteiger partial charge in [-0.05, 0) is 42.7 Å². The number of carbonyl (C=O) groups is 1. The summed E-state index contributed by atoms with van der Waals surface area (Å²) in [6.45, 7) is 4.53. The van der Waals surface area contributed by atoms with Crippen LogP contribution in [0.2, 0.25) is 10.0 Å². The van der Waals surface area contributed by atoms with Gasteiger partial charge in [0, 0.05) is 38.4 Å². The molecule has 0 aliphatic heterocycles. The van der Waals surface area contributed by atoms with Crippen molar-refractivity contribution in [1.29, 1.82) is 0 Å². The number of nitrogens with zero attached hydrogens (tertiary/aromatic N) is 4. The van der Waals surface area contributed by atoms with Crippen molar-refractivity contribution in [3.8, 4) is 28.5 Å². The van der Waals surface area contributed by atoms with Crippen molar-refractivity contribution in [2.45, 2.75) is 39.2 Å². The molecule has 8 nitrogen and oxygen atoms in total. The lowest BCUT2D eigenvalue weighted by Gasteiger charge is -2.19. The smallest absolute Gasteiger partial charge is 0.216 e. The van der Waals surface area contributed by atoms with Crippen molar-refractivity contribution in [1.82, 2.24) is 25.1 Å². The van der Waals surface area contributed by atoms with Crippen LogP contribution in [0.5, 0.6) is 5.75 Å². The third-order valence-corrected chi connectivity index (χ3v) is 6.67. The van der Waals surface area contributed by atoms with Crippen molar-refractivity contribution >= 4 is 29.1 Å². The van der Waals surface area contributed by atoms with Gasteiger partial charge in [-0.2, -0.15) is 0 Å². The largest absolute Gasteiger partial charge is 0.496 e. The van der Waals surface area contributed by atoms with Crippen LogP contribution >= 0.6 is 23.2 Å². The number of ether oxygens (including phenoxy) is 1. The Balaban J connectivity index is 1.49. The zero-order valence-electron chi connectivity index (χ0n) is 20.3. The standard InChI is InChI=1S/C26H27Cl2N5O3/c1-16(34)29-13-20(18-7-9-22(27)23(28)11-18)5-4-10-33-15-31-32-26(33)19-6-8-21(24(12-19)35-3)25-14-30-17(2)36-25/h6-9,11-12,14-15,20H,4-5,10,13H2,1-3H3,(H,29,34). The zero-order valence-corrected chi connectivity index (χ0v) is 21.8. The van der Waals surface area contributed by atoms with Gasteiger partial charge in [-0.3, -0.25) is 4.79 Å². The first kappa shape index (κ1) is 25.7.